The van der Waals surface area contributed by atoms with Gasteiger partial charge in [-0.15, -0.1) is 0 Å². The van der Waals surface area contributed by atoms with Gasteiger partial charge in [-0.3, -0.25) is 9.80 Å². The second-order valence-corrected chi connectivity index (χ2v) is 11.5. The molecule has 0 saturated carbocycles. The number of nitrogens with one attached hydrogen (secondary N) is 6. The van der Waals surface area contributed by atoms with Crippen molar-refractivity contribution in [2.24, 2.45) is 0 Å². The van der Waals surface area contributed by atoms with Crippen LogP contribution in [-0.2, 0) is 13.1 Å². The molecule has 2 aliphatic rings. The number of fused-ring (bicyclic) bond motifs is 1. The monoisotopic (exact) mass is 552 g/mol. The highest BCUT2D eigenvalue weighted by Gasteiger charge is 2.10. The molecule has 0 unspecified atom stereocenters. The van der Waals surface area contributed by atoms with Crippen LogP contribution in [0.15, 0.2) is 36.4 Å². The van der Waals surface area contributed by atoms with Gasteiger partial charge in [-0.1, -0.05) is 24.3 Å². The Labute approximate surface area is 243 Å². The summed E-state index contributed by atoms with van der Waals surface area (Å²) in [6.07, 6.45) is 4.76. The lowest BCUT2D eigenvalue weighted by Crippen LogP contribution is -2.36. The third kappa shape index (κ3) is 12.5. The largest absolute Gasteiger partial charge is 0.315 e. The molecule has 40 heavy (non-hydrogen) atoms. The van der Waals surface area contributed by atoms with Crippen LogP contribution < -0.4 is 31.9 Å². The van der Waals surface area contributed by atoms with Gasteiger partial charge in [0.05, 0.1) is 0 Å². The van der Waals surface area contributed by atoms with E-state index < -0.39 is 0 Å². The molecule has 2 fully saturated rings. The fourth-order valence-electron chi connectivity index (χ4n) is 5.71. The van der Waals surface area contributed by atoms with Crippen molar-refractivity contribution in [3.05, 3.63) is 47.5 Å². The Kier molecular flexibility index (Phi) is 15.3. The van der Waals surface area contributed by atoms with Crippen molar-refractivity contribution < 1.29 is 0 Å². The average Bonchev–Trinajstić information content (AvgIpc) is 2.97. The van der Waals surface area contributed by atoms with Crippen LogP contribution in [0.4, 0.5) is 0 Å². The molecule has 0 amide bonds. The second-order valence-electron chi connectivity index (χ2n) is 11.5. The summed E-state index contributed by atoms with van der Waals surface area (Å²) in [4.78, 5) is 5.25. The maximum absolute atomic E-state index is 3.65. The van der Waals surface area contributed by atoms with Crippen LogP contribution in [0.5, 0.6) is 0 Å². The summed E-state index contributed by atoms with van der Waals surface area (Å²) in [5.41, 5.74) is 2.84. The van der Waals surface area contributed by atoms with Crippen LogP contribution in [0.25, 0.3) is 10.8 Å². The summed E-state index contributed by atoms with van der Waals surface area (Å²) in [5.74, 6) is 0. The molecule has 6 N–H and O–H groups in total. The Morgan fingerprint density at radius 1 is 0.400 bits per heavy atom. The van der Waals surface area contributed by atoms with Gasteiger partial charge in [0.15, 0.2) is 0 Å². The number of hydrogen-bond donors (Lipinski definition) is 6. The number of nitrogens with zero attached hydrogens (tertiary/aromatic N) is 2. The first-order valence-electron chi connectivity index (χ1n) is 16.1. The van der Waals surface area contributed by atoms with Crippen LogP contribution in [0, 0.1) is 0 Å². The van der Waals surface area contributed by atoms with Gasteiger partial charge in [0.1, 0.15) is 0 Å². The van der Waals surface area contributed by atoms with Gasteiger partial charge in [0.25, 0.3) is 0 Å². The van der Waals surface area contributed by atoms with E-state index in [1.54, 1.807) is 0 Å². The predicted octanol–water partition coefficient (Wildman–Crippen LogP) is 1.57. The standard InChI is InChI=1S/C32H56N8/c1-9-33-15-17-35-13-3-21-39(23-19-37-11-1)27-29-5-7-31-8-6-30(26-32(31)25-29)28-40-22-4-14-36-18-16-34-10-2-12-38-20-24-40/h5-8,25-26,33-38H,1-4,9-24,27-28H2. The van der Waals surface area contributed by atoms with Crippen molar-refractivity contribution in [1.82, 2.24) is 41.7 Å². The van der Waals surface area contributed by atoms with Crippen LogP contribution in [0.1, 0.15) is 36.8 Å². The molecule has 2 saturated heterocycles. The van der Waals surface area contributed by atoms with Crippen molar-refractivity contribution in [3.8, 4) is 0 Å². The van der Waals surface area contributed by atoms with Crippen LogP contribution in [-0.4, -0.2) is 115 Å². The maximum Gasteiger partial charge on any atom is 0.0234 e. The molecule has 8 nitrogen and oxygen atoms in total. The van der Waals surface area contributed by atoms with Gasteiger partial charge in [0, 0.05) is 65.4 Å². The van der Waals surface area contributed by atoms with E-state index in [1.165, 1.54) is 47.6 Å². The van der Waals surface area contributed by atoms with E-state index in [9.17, 15) is 0 Å². The lowest BCUT2D eigenvalue weighted by Gasteiger charge is -2.24. The molecule has 224 valence electrons. The zero-order chi connectivity index (χ0) is 27.5. The zero-order valence-corrected chi connectivity index (χ0v) is 24.9. The minimum atomic E-state index is 1.02. The Hall–Kier alpha value is -1.62. The van der Waals surface area contributed by atoms with Crippen LogP contribution >= 0.6 is 0 Å². The van der Waals surface area contributed by atoms with Crippen molar-refractivity contribution in [3.63, 3.8) is 0 Å². The summed E-state index contributed by atoms with van der Waals surface area (Å²) >= 11 is 0. The molecule has 0 bridgehead atoms. The van der Waals surface area contributed by atoms with Gasteiger partial charge in [-0.05, 0) is 112 Å². The fraction of sp³-hybridized carbons (Fsp3) is 0.688. The summed E-state index contributed by atoms with van der Waals surface area (Å²) in [7, 11) is 0. The normalized spacial score (nSPS) is 21.9. The highest BCUT2D eigenvalue weighted by Crippen LogP contribution is 2.20. The lowest BCUT2D eigenvalue weighted by molar-refractivity contribution is 0.259. The van der Waals surface area contributed by atoms with E-state index in [4.69, 9.17) is 0 Å². The Morgan fingerprint density at radius 3 is 1.25 bits per heavy atom. The fourth-order valence-corrected chi connectivity index (χ4v) is 5.71. The quantitative estimate of drug-likeness (QED) is 0.342. The maximum atomic E-state index is 3.65. The third-order valence-electron chi connectivity index (χ3n) is 8.02. The van der Waals surface area contributed by atoms with Gasteiger partial charge in [-0.2, -0.15) is 0 Å². The van der Waals surface area contributed by atoms with E-state index >= 15 is 0 Å². The van der Waals surface area contributed by atoms with Crippen LogP contribution in [0.2, 0.25) is 0 Å². The summed E-state index contributed by atoms with van der Waals surface area (Å²) in [5, 5.41) is 24.2. The smallest absolute Gasteiger partial charge is 0.0234 e. The Bertz CT molecular complexity index is 840. The lowest BCUT2D eigenvalue weighted by atomic mass is 10.0. The van der Waals surface area contributed by atoms with Crippen LogP contribution in [0.3, 0.4) is 0 Å². The molecule has 0 radical (unpaired) electrons. The number of benzene rings is 2. The first-order chi connectivity index (χ1) is 19.9. The van der Waals surface area contributed by atoms with Gasteiger partial charge in [0.2, 0.25) is 0 Å². The van der Waals surface area contributed by atoms with Crippen molar-refractivity contribution >= 4 is 10.8 Å². The molecular weight excluding hydrogens is 496 g/mol. The average molecular weight is 553 g/mol. The molecule has 0 atom stereocenters. The minimum Gasteiger partial charge on any atom is -0.315 e. The molecule has 2 heterocycles. The molecule has 4 rings (SSSR count). The van der Waals surface area contributed by atoms with E-state index in [0.29, 0.717) is 0 Å². The van der Waals surface area contributed by atoms with Gasteiger partial charge in [-0.25, -0.2) is 0 Å². The number of hydrogen-bond acceptors (Lipinski definition) is 8. The van der Waals surface area contributed by atoms with Crippen molar-refractivity contribution in [1.29, 1.82) is 0 Å². The first-order valence-corrected chi connectivity index (χ1v) is 16.1. The SMILES string of the molecule is c1cc2ccc(CN3CCCNCCNCCCNCC3)cc2cc1CN1CCCNCCNCCCNCC1. The summed E-state index contributed by atoms with van der Waals surface area (Å²) in [6, 6.07) is 14.2. The summed E-state index contributed by atoms with van der Waals surface area (Å²) < 4.78 is 0. The third-order valence-corrected chi connectivity index (χ3v) is 8.02. The second kappa shape index (κ2) is 19.5. The molecular formula is C32H56N8. The first kappa shape index (κ1) is 31.3. The topological polar surface area (TPSA) is 78.7 Å². The molecule has 0 spiro atoms. The molecule has 2 aromatic carbocycles. The van der Waals surface area contributed by atoms with Gasteiger partial charge < -0.3 is 31.9 Å². The summed E-state index contributed by atoms with van der Waals surface area (Å²) in [6.45, 7) is 19.4. The van der Waals surface area contributed by atoms with E-state index in [1.807, 2.05) is 0 Å². The zero-order valence-electron chi connectivity index (χ0n) is 24.9. The molecule has 2 aromatic rings. The van der Waals surface area contributed by atoms with E-state index in [2.05, 4.69) is 78.1 Å². The Morgan fingerprint density at radius 2 is 0.800 bits per heavy atom. The predicted molar refractivity (Wildman–Crippen MR) is 170 cm³/mol. The highest BCUT2D eigenvalue weighted by atomic mass is 15.1. The number of rotatable bonds is 4. The van der Waals surface area contributed by atoms with E-state index in [-0.39, 0.29) is 0 Å². The minimum absolute atomic E-state index is 1.02. The molecule has 8 heteroatoms. The Balaban J connectivity index is 1.34. The molecule has 2 aliphatic heterocycles. The molecule has 0 aliphatic carbocycles. The van der Waals surface area contributed by atoms with Gasteiger partial charge >= 0.3 is 0 Å². The van der Waals surface area contributed by atoms with Crippen molar-refractivity contribution in [2.45, 2.75) is 38.8 Å². The highest BCUT2D eigenvalue weighted by molar-refractivity contribution is 5.83. The van der Waals surface area contributed by atoms with Crippen molar-refractivity contribution in [2.75, 3.05) is 105 Å². The molecule has 0 aromatic heterocycles. The van der Waals surface area contributed by atoms with E-state index in [0.717, 1.165) is 118 Å².